The minimum atomic E-state index is -0.378. The molecule has 4 nitrogen and oxygen atoms in total. The Hall–Kier alpha value is -2.66. The van der Waals surface area contributed by atoms with Gasteiger partial charge in [-0.3, -0.25) is 4.79 Å². The van der Waals surface area contributed by atoms with Crippen molar-refractivity contribution in [3.8, 4) is 11.5 Å². The van der Waals surface area contributed by atoms with Crippen molar-refractivity contribution in [2.24, 2.45) is 0 Å². The lowest BCUT2D eigenvalue weighted by Gasteiger charge is -2.04. The predicted octanol–water partition coefficient (Wildman–Crippen LogP) is 4.34. The van der Waals surface area contributed by atoms with E-state index in [0.29, 0.717) is 35.0 Å². The molecule has 0 aliphatic carbocycles. The molecule has 0 saturated carbocycles. The van der Waals surface area contributed by atoms with Crippen molar-refractivity contribution in [2.75, 3.05) is 6.54 Å². The largest absolute Gasteiger partial charge is 0.441 e. The average Bonchev–Trinajstić information content (AvgIpc) is 2.98. The number of amides is 1. The Balaban J connectivity index is 1.56. The number of hydrogen-bond donors (Lipinski definition) is 1. The highest BCUT2D eigenvalue weighted by Gasteiger charge is 2.14. The van der Waals surface area contributed by atoms with E-state index in [9.17, 15) is 9.18 Å². The number of aromatic nitrogens is 1. The van der Waals surface area contributed by atoms with Gasteiger partial charge in [0.15, 0.2) is 0 Å². The second kappa shape index (κ2) is 8.15. The van der Waals surface area contributed by atoms with Crippen molar-refractivity contribution in [1.29, 1.82) is 0 Å². The number of halogens is 2. The molecule has 0 unspecified atom stereocenters. The first-order valence-electron chi connectivity index (χ1n) is 8.25. The van der Waals surface area contributed by atoms with Crippen LogP contribution in [0.2, 0.25) is 5.02 Å². The molecule has 0 bridgehead atoms. The molecule has 0 saturated heterocycles. The van der Waals surface area contributed by atoms with Gasteiger partial charge in [-0.25, -0.2) is 9.37 Å². The number of oxazole rings is 1. The molecule has 26 heavy (non-hydrogen) atoms. The second-order valence-corrected chi connectivity index (χ2v) is 6.34. The number of nitrogens with one attached hydrogen (secondary N) is 1. The van der Waals surface area contributed by atoms with Crippen LogP contribution in [0.15, 0.2) is 52.9 Å². The highest BCUT2D eigenvalue weighted by atomic mass is 35.5. The number of aryl methyl sites for hydroxylation is 1. The molecule has 3 aromatic rings. The molecule has 1 N–H and O–H groups in total. The summed E-state index contributed by atoms with van der Waals surface area (Å²) in [4.78, 5) is 16.4. The Kier molecular flexibility index (Phi) is 5.68. The lowest BCUT2D eigenvalue weighted by Crippen LogP contribution is -2.27. The van der Waals surface area contributed by atoms with Crippen molar-refractivity contribution in [1.82, 2.24) is 10.3 Å². The van der Waals surface area contributed by atoms with Crippen LogP contribution >= 0.6 is 11.6 Å². The van der Waals surface area contributed by atoms with Crippen molar-refractivity contribution in [3.05, 3.63) is 76.4 Å². The molecule has 0 aliphatic rings. The van der Waals surface area contributed by atoms with Crippen molar-refractivity contribution in [3.63, 3.8) is 0 Å². The van der Waals surface area contributed by atoms with E-state index in [0.717, 1.165) is 5.56 Å². The standard InChI is InChI=1S/C20H18ClFN2O2/c1-13-18(24-20(26-13)16-4-2-3-5-17(16)22)10-11-23-19(25)12-14-6-8-15(21)9-7-14/h2-9H,10-12H2,1H3,(H,23,25). The van der Waals surface area contributed by atoms with Crippen LogP contribution in [0.3, 0.4) is 0 Å². The maximum Gasteiger partial charge on any atom is 0.229 e. The van der Waals surface area contributed by atoms with Crippen LogP contribution in [0, 0.1) is 12.7 Å². The maximum atomic E-state index is 13.8. The third-order valence-corrected chi connectivity index (χ3v) is 4.21. The van der Waals surface area contributed by atoms with Crippen LogP contribution in [0.5, 0.6) is 0 Å². The van der Waals surface area contributed by atoms with E-state index in [1.165, 1.54) is 6.07 Å². The first-order valence-corrected chi connectivity index (χ1v) is 8.63. The third-order valence-electron chi connectivity index (χ3n) is 3.96. The molecule has 0 radical (unpaired) electrons. The van der Waals surface area contributed by atoms with Gasteiger partial charge in [0, 0.05) is 18.0 Å². The van der Waals surface area contributed by atoms with E-state index in [4.69, 9.17) is 16.0 Å². The number of hydrogen-bond acceptors (Lipinski definition) is 3. The molecular weight excluding hydrogens is 355 g/mol. The fourth-order valence-electron chi connectivity index (χ4n) is 2.58. The van der Waals surface area contributed by atoms with E-state index >= 15 is 0 Å². The van der Waals surface area contributed by atoms with Gasteiger partial charge in [0.2, 0.25) is 11.8 Å². The van der Waals surface area contributed by atoms with Gasteiger partial charge < -0.3 is 9.73 Å². The first kappa shape index (κ1) is 18.1. The van der Waals surface area contributed by atoms with Crippen LogP contribution < -0.4 is 5.32 Å². The Morgan fingerprint density at radius 2 is 1.92 bits per heavy atom. The van der Waals surface area contributed by atoms with Crippen LogP contribution in [-0.4, -0.2) is 17.4 Å². The maximum absolute atomic E-state index is 13.8. The minimum absolute atomic E-state index is 0.0807. The van der Waals surface area contributed by atoms with Crippen LogP contribution in [0.4, 0.5) is 4.39 Å². The fourth-order valence-corrected chi connectivity index (χ4v) is 2.71. The number of carbonyl (C=O) groups is 1. The fraction of sp³-hybridized carbons (Fsp3) is 0.200. The third kappa shape index (κ3) is 4.49. The van der Waals surface area contributed by atoms with E-state index in [1.54, 1.807) is 37.3 Å². The van der Waals surface area contributed by atoms with E-state index in [-0.39, 0.29) is 24.0 Å². The van der Waals surface area contributed by atoms with Crippen LogP contribution in [0.1, 0.15) is 17.0 Å². The Labute approximate surface area is 156 Å². The quantitative estimate of drug-likeness (QED) is 0.700. The van der Waals surface area contributed by atoms with E-state index in [1.807, 2.05) is 12.1 Å². The summed E-state index contributed by atoms with van der Waals surface area (Å²) in [7, 11) is 0. The van der Waals surface area contributed by atoms with Gasteiger partial charge in [-0.05, 0) is 36.8 Å². The summed E-state index contributed by atoms with van der Waals surface area (Å²) in [6, 6.07) is 13.5. The topological polar surface area (TPSA) is 55.1 Å². The second-order valence-electron chi connectivity index (χ2n) is 5.90. The summed E-state index contributed by atoms with van der Waals surface area (Å²) >= 11 is 5.83. The van der Waals surface area contributed by atoms with Gasteiger partial charge in [0.25, 0.3) is 0 Å². The van der Waals surface area contributed by atoms with Gasteiger partial charge >= 0.3 is 0 Å². The Morgan fingerprint density at radius 1 is 1.19 bits per heavy atom. The summed E-state index contributed by atoms with van der Waals surface area (Å²) in [6.45, 7) is 2.21. The molecule has 1 heterocycles. The number of carbonyl (C=O) groups excluding carboxylic acids is 1. The molecule has 0 atom stereocenters. The molecular formula is C20H18ClFN2O2. The monoisotopic (exact) mass is 372 g/mol. The molecule has 1 aromatic heterocycles. The smallest absolute Gasteiger partial charge is 0.229 e. The summed E-state index contributed by atoms with van der Waals surface area (Å²) < 4.78 is 19.4. The summed E-state index contributed by atoms with van der Waals surface area (Å²) in [5.41, 5.74) is 1.93. The van der Waals surface area contributed by atoms with Crippen LogP contribution in [-0.2, 0) is 17.6 Å². The normalized spacial score (nSPS) is 10.7. The molecule has 0 fully saturated rings. The van der Waals surface area contributed by atoms with E-state index in [2.05, 4.69) is 10.3 Å². The van der Waals surface area contributed by atoms with Gasteiger partial charge in [0.05, 0.1) is 17.7 Å². The summed E-state index contributed by atoms with van der Waals surface area (Å²) in [5.74, 6) is 0.414. The zero-order valence-electron chi connectivity index (χ0n) is 14.3. The van der Waals surface area contributed by atoms with Crippen molar-refractivity contribution in [2.45, 2.75) is 19.8 Å². The highest BCUT2D eigenvalue weighted by Crippen LogP contribution is 2.24. The lowest BCUT2D eigenvalue weighted by molar-refractivity contribution is -0.120. The van der Waals surface area contributed by atoms with Crippen molar-refractivity contribution >= 4 is 17.5 Å². The summed E-state index contributed by atoms with van der Waals surface area (Å²) in [5, 5.41) is 3.49. The average molecular weight is 373 g/mol. The molecule has 0 aliphatic heterocycles. The van der Waals surface area contributed by atoms with Gasteiger partial charge in [0.1, 0.15) is 11.6 Å². The highest BCUT2D eigenvalue weighted by molar-refractivity contribution is 6.30. The first-order chi connectivity index (χ1) is 12.5. The molecule has 3 rings (SSSR count). The van der Waals surface area contributed by atoms with Crippen molar-refractivity contribution < 1.29 is 13.6 Å². The SMILES string of the molecule is Cc1oc(-c2ccccc2F)nc1CCNC(=O)Cc1ccc(Cl)cc1. The Morgan fingerprint density at radius 3 is 2.65 bits per heavy atom. The molecule has 1 amide bonds. The number of benzene rings is 2. The lowest BCUT2D eigenvalue weighted by atomic mass is 10.1. The molecule has 2 aromatic carbocycles. The number of nitrogens with zero attached hydrogens (tertiary/aromatic N) is 1. The van der Waals surface area contributed by atoms with Crippen LogP contribution in [0.25, 0.3) is 11.5 Å². The summed E-state index contributed by atoms with van der Waals surface area (Å²) in [6.07, 6.45) is 0.797. The molecule has 6 heteroatoms. The molecule has 134 valence electrons. The van der Waals surface area contributed by atoms with Gasteiger partial charge in [-0.15, -0.1) is 0 Å². The zero-order chi connectivity index (χ0) is 18.5. The predicted molar refractivity (Wildman–Crippen MR) is 98.5 cm³/mol. The van der Waals surface area contributed by atoms with Gasteiger partial charge in [-0.2, -0.15) is 0 Å². The van der Waals surface area contributed by atoms with E-state index < -0.39 is 0 Å². The number of rotatable bonds is 6. The zero-order valence-corrected chi connectivity index (χ0v) is 15.0. The van der Waals surface area contributed by atoms with Gasteiger partial charge in [-0.1, -0.05) is 35.9 Å². The molecule has 0 spiro atoms. The Bertz CT molecular complexity index is 906. The minimum Gasteiger partial charge on any atom is -0.441 e.